The van der Waals surface area contributed by atoms with Crippen LogP contribution in [0.4, 0.5) is 0 Å². The number of nitrogens with zero attached hydrogens (tertiary/aromatic N) is 4. The van der Waals surface area contributed by atoms with Crippen LogP contribution in [0.1, 0.15) is 30.4 Å². The first-order valence-corrected chi connectivity index (χ1v) is 12.2. The molecule has 1 amide bonds. The summed E-state index contributed by atoms with van der Waals surface area (Å²) in [6, 6.07) is 4.57. The van der Waals surface area contributed by atoms with Gasteiger partial charge in [-0.05, 0) is 61.1 Å². The largest absolute Gasteiger partial charge is 0.382 e. The summed E-state index contributed by atoms with van der Waals surface area (Å²) >= 11 is 0. The highest BCUT2D eigenvalue weighted by Crippen LogP contribution is 2.28. The molecule has 6 heteroatoms. The quantitative estimate of drug-likeness (QED) is 0.633. The van der Waals surface area contributed by atoms with Crippen LogP contribution in [0, 0.1) is 24.2 Å². The minimum absolute atomic E-state index is 0.104. The Morgan fingerprint density at radius 2 is 2.09 bits per heavy atom. The molecule has 1 atom stereocenters. The highest BCUT2D eigenvalue weighted by Gasteiger charge is 2.27. The van der Waals surface area contributed by atoms with Gasteiger partial charge in [0.1, 0.15) is 5.70 Å². The fraction of sp³-hybridized carbons (Fsp3) is 0.345. The van der Waals surface area contributed by atoms with E-state index < -0.39 is 0 Å². The third-order valence-corrected chi connectivity index (χ3v) is 6.85. The molecule has 3 aliphatic rings. The van der Waals surface area contributed by atoms with Gasteiger partial charge in [0.05, 0.1) is 12.0 Å². The van der Waals surface area contributed by atoms with Gasteiger partial charge in [-0.2, -0.15) is 5.26 Å². The van der Waals surface area contributed by atoms with Crippen molar-refractivity contribution in [2.75, 3.05) is 26.7 Å². The number of hydrogen-bond acceptors (Lipinski definition) is 5. The maximum Gasteiger partial charge on any atom is 0.270 e. The number of carbonyl (C=O) groups excluding carboxylic acids is 1. The fourth-order valence-electron chi connectivity index (χ4n) is 4.66. The first kappa shape index (κ1) is 24.3. The summed E-state index contributed by atoms with van der Waals surface area (Å²) in [6.45, 7) is 8.58. The maximum absolute atomic E-state index is 13.0. The molecule has 1 N–H and O–H groups in total. The molecule has 0 spiro atoms. The van der Waals surface area contributed by atoms with Gasteiger partial charge in [-0.3, -0.25) is 9.78 Å². The van der Waals surface area contributed by atoms with Gasteiger partial charge in [0.15, 0.2) is 0 Å². The number of nitriles is 1. The van der Waals surface area contributed by atoms with Crippen molar-refractivity contribution in [2.45, 2.75) is 32.2 Å². The molecule has 1 aromatic rings. The lowest BCUT2D eigenvalue weighted by molar-refractivity contribution is -0.129. The van der Waals surface area contributed by atoms with E-state index in [1.165, 1.54) is 0 Å². The Bertz CT molecular complexity index is 1170. The number of pyridine rings is 1. The third-order valence-electron chi connectivity index (χ3n) is 6.85. The van der Waals surface area contributed by atoms with Gasteiger partial charge in [-0.25, -0.2) is 0 Å². The number of nitrogens with one attached hydrogen (secondary N) is 1. The molecule has 0 aromatic carbocycles. The standard InChI is InChI=1S/C29H33N5O/c1-21-10-13-31-20-26(21)27(17-22(2)24-8-6-7-23(18-24)19-30)32-25-11-15-34(16-12-25)29(35)28-9-4-5-14-33(28)3/h4-10,13,17,20,23,25,32H,2,11-12,14-16,18H2,1,3H3/b27-17+. The lowest BCUT2D eigenvalue weighted by Crippen LogP contribution is -2.46. The average Bonchev–Trinajstić information content (AvgIpc) is 2.89. The van der Waals surface area contributed by atoms with E-state index in [1.54, 1.807) is 6.20 Å². The second-order valence-corrected chi connectivity index (χ2v) is 9.36. The minimum atomic E-state index is -0.118. The highest BCUT2D eigenvalue weighted by molar-refractivity contribution is 5.93. The van der Waals surface area contributed by atoms with Gasteiger partial charge in [-0.1, -0.05) is 37.0 Å². The van der Waals surface area contributed by atoms with Crippen LogP contribution in [0.5, 0.6) is 0 Å². The van der Waals surface area contributed by atoms with E-state index in [0.717, 1.165) is 53.1 Å². The molecular weight excluding hydrogens is 434 g/mol. The smallest absolute Gasteiger partial charge is 0.270 e. The lowest BCUT2D eigenvalue weighted by Gasteiger charge is -2.35. The monoisotopic (exact) mass is 467 g/mol. The van der Waals surface area contributed by atoms with Crippen LogP contribution in [0.25, 0.3) is 5.70 Å². The number of amides is 1. The average molecular weight is 468 g/mol. The minimum Gasteiger partial charge on any atom is -0.382 e. The van der Waals surface area contributed by atoms with Crippen LogP contribution in [0.15, 0.2) is 84.4 Å². The lowest BCUT2D eigenvalue weighted by atomic mass is 9.90. The molecule has 35 heavy (non-hydrogen) atoms. The van der Waals surface area contributed by atoms with E-state index in [9.17, 15) is 10.1 Å². The number of aryl methyl sites for hydroxylation is 1. The van der Waals surface area contributed by atoms with Gasteiger partial charge in [0.2, 0.25) is 0 Å². The predicted molar refractivity (Wildman–Crippen MR) is 140 cm³/mol. The zero-order valence-corrected chi connectivity index (χ0v) is 20.6. The van der Waals surface area contributed by atoms with Crippen molar-refractivity contribution in [1.29, 1.82) is 5.26 Å². The summed E-state index contributed by atoms with van der Waals surface area (Å²) in [5, 5.41) is 13.1. The number of carbonyl (C=O) groups is 1. The van der Waals surface area contributed by atoms with Crippen LogP contribution < -0.4 is 5.32 Å². The second kappa shape index (κ2) is 11.1. The number of rotatable bonds is 6. The van der Waals surface area contributed by atoms with Gasteiger partial charge < -0.3 is 15.1 Å². The van der Waals surface area contributed by atoms with E-state index in [-0.39, 0.29) is 17.9 Å². The molecule has 1 saturated heterocycles. The zero-order chi connectivity index (χ0) is 24.8. The Morgan fingerprint density at radius 3 is 2.80 bits per heavy atom. The van der Waals surface area contributed by atoms with Crippen LogP contribution in [-0.4, -0.2) is 53.4 Å². The molecular formula is C29H33N5O. The molecule has 1 aliphatic carbocycles. The Morgan fingerprint density at radius 1 is 1.29 bits per heavy atom. The van der Waals surface area contributed by atoms with Crippen LogP contribution in [-0.2, 0) is 4.79 Å². The maximum atomic E-state index is 13.0. The fourth-order valence-corrected chi connectivity index (χ4v) is 4.66. The third kappa shape index (κ3) is 5.81. The molecule has 180 valence electrons. The Balaban J connectivity index is 1.47. The van der Waals surface area contributed by atoms with Gasteiger partial charge >= 0.3 is 0 Å². The van der Waals surface area contributed by atoms with Crippen LogP contribution >= 0.6 is 0 Å². The molecule has 6 nitrogen and oxygen atoms in total. The molecule has 1 unspecified atom stereocenters. The number of piperidine rings is 1. The van der Waals surface area contributed by atoms with Gasteiger partial charge in [-0.15, -0.1) is 0 Å². The summed E-state index contributed by atoms with van der Waals surface area (Å²) < 4.78 is 0. The van der Waals surface area contributed by atoms with Crippen molar-refractivity contribution < 1.29 is 4.79 Å². The van der Waals surface area contributed by atoms with Crippen LogP contribution in [0.2, 0.25) is 0 Å². The zero-order valence-electron chi connectivity index (χ0n) is 20.6. The first-order valence-electron chi connectivity index (χ1n) is 12.2. The number of allylic oxidation sites excluding steroid dienone is 8. The van der Waals surface area contributed by atoms with E-state index in [0.29, 0.717) is 19.5 Å². The van der Waals surface area contributed by atoms with Gasteiger partial charge in [0.25, 0.3) is 5.91 Å². The molecule has 0 saturated carbocycles. The van der Waals surface area contributed by atoms with E-state index in [1.807, 2.05) is 59.5 Å². The Kier molecular flexibility index (Phi) is 7.67. The van der Waals surface area contributed by atoms with Crippen molar-refractivity contribution in [3.8, 4) is 6.07 Å². The van der Waals surface area contributed by atoms with Crippen molar-refractivity contribution in [3.63, 3.8) is 0 Å². The Hall–Kier alpha value is -3.85. The summed E-state index contributed by atoms with van der Waals surface area (Å²) in [7, 11) is 1.96. The Labute approximate surface area is 208 Å². The van der Waals surface area contributed by atoms with Gasteiger partial charge in [0, 0.05) is 56.4 Å². The summed E-state index contributed by atoms with van der Waals surface area (Å²) in [5.41, 5.74) is 5.87. The number of aromatic nitrogens is 1. The van der Waals surface area contributed by atoms with Crippen molar-refractivity contribution in [3.05, 3.63) is 95.5 Å². The second-order valence-electron chi connectivity index (χ2n) is 9.36. The molecule has 0 radical (unpaired) electrons. The SMILES string of the molecule is C=C(/C=C(/NC1CCN(C(=O)C2=CC=CCN2C)CC1)c1cnccc1C)C1=CC=CC(C#N)C1. The molecule has 2 aliphatic heterocycles. The van der Waals surface area contributed by atoms with Crippen LogP contribution in [0.3, 0.4) is 0 Å². The predicted octanol–water partition coefficient (Wildman–Crippen LogP) is 4.28. The van der Waals surface area contributed by atoms with E-state index in [2.05, 4.69) is 42.0 Å². The normalized spacial score (nSPS) is 20.7. The summed E-state index contributed by atoms with van der Waals surface area (Å²) in [4.78, 5) is 21.3. The summed E-state index contributed by atoms with van der Waals surface area (Å²) in [5.74, 6) is -0.0146. The topological polar surface area (TPSA) is 72.3 Å². The number of hydrogen-bond donors (Lipinski definition) is 1. The molecule has 0 bridgehead atoms. The molecule has 4 rings (SSSR count). The molecule has 1 aromatic heterocycles. The molecule has 3 heterocycles. The number of likely N-dealkylation sites (tertiary alicyclic amines) is 1. The van der Waals surface area contributed by atoms with Crippen molar-refractivity contribution in [2.24, 2.45) is 5.92 Å². The van der Waals surface area contributed by atoms with E-state index >= 15 is 0 Å². The molecule has 1 fully saturated rings. The highest BCUT2D eigenvalue weighted by atomic mass is 16.2. The number of likely N-dealkylation sites (N-methyl/N-ethyl adjacent to an activating group) is 1. The van der Waals surface area contributed by atoms with Crippen molar-refractivity contribution in [1.82, 2.24) is 20.1 Å². The van der Waals surface area contributed by atoms with E-state index in [4.69, 9.17) is 0 Å². The van der Waals surface area contributed by atoms with Crippen molar-refractivity contribution >= 4 is 11.6 Å². The first-order chi connectivity index (χ1) is 17.0. The summed E-state index contributed by atoms with van der Waals surface area (Å²) in [6.07, 6.45) is 20.0.